The van der Waals surface area contributed by atoms with Crippen LogP contribution in [-0.2, 0) is 6.42 Å². The Hall–Kier alpha value is -0.860. The van der Waals surface area contributed by atoms with Gasteiger partial charge in [-0.15, -0.1) is 0 Å². The van der Waals surface area contributed by atoms with Crippen molar-refractivity contribution in [1.29, 1.82) is 0 Å². The average Bonchev–Trinajstić information content (AvgIpc) is 2.44. The maximum atomic E-state index is 6.38. The van der Waals surface area contributed by atoms with Crippen LogP contribution in [0.15, 0.2) is 24.3 Å². The molecule has 2 heteroatoms. The molecule has 0 fully saturated rings. The van der Waals surface area contributed by atoms with Crippen LogP contribution in [0, 0.1) is 0 Å². The number of hydrogen-bond acceptors (Lipinski definition) is 2. The monoisotopic (exact) mass is 248 g/mol. The number of nitrogens with two attached hydrogens (primary N) is 1. The normalized spacial score (nSPS) is 16.6. The van der Waals surface area contributed by atoms with Crippen molar-refractivity contribution in [3.8, 4) is 0 Å². The van der Waals surface area contributed by atoms with E-state index in [0.717, 1.165) is 12.8 Å². The van der Waals surface area contributed by atoms with Gasteiger partial charge in [0.15, 0.2) is 0 Å². The van der Waals surface area contributed by atoms with Gasteiger partial charge in [-0.2, -0.15) is 0 Å². The van der Waals surface area contributed by atoms with Crippen molar-refractivity contribution in [1.82, 2.24) is 4.90 Å². The van der Waals surface area contributed by atoms with Crippen LogP contribution < -0.4 is 5.73 Å². The summed E-state index contributed by atoms with van der Waals surface area (Å²) in [4.78, 5) is 2.37. The first-order valence-electron chi connectivity index (χ1n) is 7.07. The minimum Gasteiger partial charge on any atom is -0.323 e. The third-order valence-corrected chi connectivity index (χ3v) is 4.22. The number of likely N-dealkylation sites (N-methyl/N-ethyl adjacent to an activating group) is 1. The Labute approximate surface area is 112 Å². The first kappa shape index (κ1) is 15.2. The molecular weight excluding hydrogens is 220 g/mol. The minimum absolute atomic E-state index is 0.0786. The zero-order valence-electron chi connectivity index (χ0n) is 12.5. The van der Waals surface area contributed by atoms with E-state index in [0.29, 0.717) is 12.1 Å². The molecule has 0 aliphatic heterocycles. The zero-order chi connectivity index (χ0) is 13.7. The molecule has 102 valence electrons. The van der Waals surface area contributed by atoms with E-state index >= 15 is 0 Å². The van der Waals surface area contributed by atoms with E-state index in [2.05, 4.69) is 63.9 Å². The largest absolute Gasteiger partial charge is 0.323 e. The molecule has 1 rings (SSSR count). The average molecular weight is 248 g/mol. The summed E-state index contributed by atoms with van der Waals surface area (Å²) < 4.78 is 0. The lowest BCUT2D eigenvalue weighted by Crippen LogP contribution is -2.42. The first-order valence-corrected chi connectivity index (χ1v) is 7.07. The van der Waals surface area contributed by atoms with Crippen LogP contribution in [0.3, 0.4) is 0 Å². The Kier molecular flexibility index (Phi) is 5.83. The fraction of sp³-hybridized carbons (Fsp3) is 0.625. The number of hydrogen-bond donors (Lipinski definition) is 1. The fourth-order valence-electron chi connectivity index (χ4n) is 2.20. The second-order valence-corrected chi connectivity index (χ2v) is 5.28. The maximum Gasteiger partial charge on any atom is 0.0450 e. The summed E-state index contributed by atoms with van der Waals surface area (Å²) >= 11 is 0. The van der Waals surface area contributed by atoms with Crippen LogP contribution in [0.4, 0.5) is 0 Å². The molecule has 1 aromatic rings. The molecule has 0 saturated heterocycles. The highest BCUT2D eigenvalue weighted by Crippen LogP contribution is 2.20. The lowest BCUT2D eigenvalue weighted by Gasteiger charge is -2.34. The Balaban J connectivity index is 2.75. The van der Waals surface area contributed by atoms with Gasteiger partial charge >= 0.3 is 0 Å². The van der Waals surface area contributed by atoms with Crippen molar-refractivity contribution < 1.29 is 0 Å². The Morgan fingerprint density at radius 3 is 2.11 bits per heavy atom. The van der Waals surface area contributed by atoms with E-state index in [1.165, 1.54) is 11.1 Å². The molecule has 0 amide bonds. The second kappa shape index (κ2) is 6.91. The van der Waals surface area contributed by atoms with E-state index < -0.39 is 0 Å². The number of nitrogens with zero attached hydrogens (tertiary/aromatic N) is 1. The van der Waals surface area contributed by atoms with Gasteiger partial charge in [0.2, 0.25) is 0 Å². The van der Waals surface area contributed by atoms with Gasteiger partial charge in [0.1, 0.15) is 0 Å². The standard InChI is InChI=1S/C16H28N2/c1-6-12(3)18(5)13(4)16(17)15-10-8-14(7-2)9-11-15/h8-13,16H,6-7,17H2,1-5H3. The van der Waals surface area contributed by atoms with Crippen molar-refractivity contribution in [2.45, 2.75) is 58.7 Å². The summed E-state index contributed by atoms with van der Waals surface area (Å²) in [5.41, 5.74) is 8.98. The molecule has 3 unspecified atom stereocenters. The summed E-state index contributed by atoms with van der Waals surface area (Å²) in [5.74, 6) is 0. The molecule has 3 atom stereocenters. The van der Waals surface area contributed by atoms with E-state index in [1.54, 1.807) is 0 Å². The zero-order valence-corrected chi connectivity index (χ0v) is 12.5. The van der Waals surface area contributed by atoms with Crippen molar-refractivity contribution in [2.24, 2.45) is 5.73 Å². The molecule has 0 radical (unpaired) electrons. The van der Waals surface area contributed by atoms with Crippen molar-refractivity contribution >= 4 is 0 Å². The highest BCUT2D eigenvalue weighted by atomic mass is 15.2. The molecule has 0 aliphatic rings. The topological polar surface area (TPSA) is 29.3 Å². The molecule has 1 aromatic carbocycles. The van der Waals surface area contributed by atoms with Crippen molar-refractivity contribution in [3.63, 3.8) is 0 Å². The summed E-state index contributed by atoms with van der Waals surface area (Å²) in [6, 6.07) is 9.72. The molecule has 0 aromatic heterocycles. The quantitative estimate of drug-likeness (QED) is 0.836. The van der Waals surface area contributed by atoms with E-state index in [-0.39, 0.29) is 6.04 Å². The highest BCUT2D eigenvalue weighted by Gasteiger charge is 2.21. The Morgan fingerprint density at radius 1 is 1.11 bits per heavy atom. The molecule has 0 spiro atoms. The van der Waals surface area contributed by atoms with Crippen LogP contribution in [0.5, 0.6) is 0 Å². The van der Waals surface area contributed by atoms with Gasteiger partial charge in [0.05, 0.1) is 0 Å². The summed E-state index contributed by atoms with van der Waals surface area (Å²) in [6.45, 7) is 8.86. The molecule has 2 nitrogen and oxygen atoms in total. The lowest BCUT2D eigenvalue weighted by molar-refractivity contribution is 0.169. The summed E-state index contributed by atoms with van der Waals surface area (Å²) in [6.07, 6.45) is 2.24. The smallest absolute Gasteiger partial charge is 0.0450 e. The van der Waals surface area contributed by atoms with Gasteiger partial charge in [0, 0.05) is 18.1 Å². The van der Waals surface area contributed by atoms with Gasteiger partial charge in [-0.1, -0.05) is 38.1 Å². The SMILES string of the molecule is CCc1ccc(C(N)C(C)N(C)C(C)CC)cc1. The Bertz CT molecular complexity index is 345. The molecule has 0 saturated carbocycles. The predicted molar refractivity (Wildman–Crippen MR) is 79.7 cm³/mol. The minimum atomic E-state index is 0.0786. The van der Waals surface area contributed by atoms with Crippen molar-refractivity contribution in [3.05, 3.63) is 35.4 Å². The van der Waals surface area contributed by atoms with Crippen LogP contribution in [0.2, 0.25) is 0 Å². The molecule has 0 heterocycles. The third-order valence-electron chi connectivity index (χ3n) is 4.22. The number of aryl methyl sites for hydroxylation is 1. The maximum absolute atomic E-state index is 6.38. The van der Waals surface area contributed by atoms with Gasteiger partial charge in [-0.05, 0) is 44.9 Å². The van der Waals surface area contributed by atoms with Gasteiger partial charge < -0.3 is 5.73 Å². The summed E-state index contributed by atoms with van der Waals surface area (Å²) in [5, 5.41) is 0. The van der Waals surface area contributed by atoms with E-state index in [4.69, 9.17) is 5.73 Å². The third kappa shape index (κ3) is 3.56. The molecule has 2 N–H and O–H groups in total. The predicted octanol–water partition coefficient (Wildman–Crippen LogP) is 3.37. The van der Waals surface area contributed by atoms with Crippen LogP contribution in [0.1, 0.15) is 51.3 Å². The van der Waals surface area contributed by atoms with Gasteiger partial charge in [-0.25, -0.2) is 0 Å². The van der Waals surface area contributed by atoms with E-state index in [9.17, 15) is 0 Å². The molecular formula is C16H28N2. The van der Waals surface area contributed by atoms with Gasteiger partial charge in [-0.3, -0.25) is 4.90 Å². The Morgan fingerprint density at radius 2 is 1.67 bits per heavy atom. The highest BCUT2D eigenvalue weighted by molar-refractivity contribution is 5.25. The molecule has 0 bridgehead atoms. The molecule has 0 aliphatic carbocycles. The van der Waals surface area contributed by atoms with Crippen molar-refractivity contribution in [2.75, 3.05) is 7.05 Å². The number of benzene rings is 1. The number of rotatable bonds is 6. The summed E-state index contributed by atoms with van der Waals surface area (Å²) in [7, 11) is 2.17. The van der Waals surface area contributed by atoms with Crippen LogP contribution in [-0.4, -0.2) is 24.0 Å². The van der Waals surface area contributed by atoms with Crippen LogP contribution >= 0.6 is 0 Å². The lowest BCUT2D eigenvalue weighted by atomic mass is 9.97. The fourth-order valence-corrected chi connectivity index (χ4v) is 2.20. The van der Waals surface area contributed by atoms with E-state index in [1.807, 2.05) is 0 Å². The molecule has 18 heavy (non-hydrogen) atoms. The van der Waals surface area contributed by atoms with Crippen LogP contribution in [0.25, 0.3) is 0 Å². The van der Waals surface area contributed by atoms with Gasteiger partial charge in [0.25, 0.3) is 0 Å². The first-order chi connectivity index (χ1) is 8.51. The second-order valence-electron chi connectivity index (χ2n) is 5.28.